The van der Waals surface area contributed by atoms with Gasteiger partial charge in [-0.3, -0.25) is 4.40 Å². The van der Waals surface area contributed by atoms with Gasteiger partial charge in [-0.15, -0.1) is 10.2 Å². The summed E-state index contributed by atoms with van der Waals surface area (Å²) in [6, 6.07) is 11.1. The summed E-state index contributed by atoms with van der Waals surface area (Å²) in [6.45, 7) is 0. The summed E-state index contributed by atoms with van der Waals surface area (Å²) in [7, 11) is 0. The molecule has 0 saturated heterocycles. The van der Waals surface area contributed by atoms with Crippen LogP contribution in [0, 0.1) is 11.3 Å². The summed E-state index contributed by atoms with van der Waals surface area (Å²) in [5, 5.41) is 17.8. The standard InChI is InChI=1S/C13H6BrClN4/c14-10-3-9(4-11(15)5-10)13-18-17-12-2-1-8(6-16)7-19(12)13/h1-5,7H. The summed E-state index contributed by atoms with van der Waals surface area (Å²) in [4.78, 5) is 0. The van der Waals surface area contributed by atoms with E-state index in [1.807, 2.05) is 12.1 Å². The van der Waals surface area contributed by atoms with Crippen LogP contribution in [0.5, 0.6) is 0 Å². The van der Waals surface area contributed by atoms with Gasteiger partial charge < -0.3 is 0 Å². The molecule has 1 aromatic carbocycles. The molecule has 0 aliphatic carbocycles. The molecule has 2 aromatic heterocycles. The Morgan fingerprint density at radius 3 is 2.79 bits per heavy atom. The van der Waals surface area contributed by atoms with Gasteiger partial charge in [-0.1, -0.05) is 27.5 Å². The van der Waals surface area contributed by atoms with Crippen molar-refractivity contribution < 1.29 is 0 Å². The predicted molar refractivity (Wildman–Crippen MR) is 75.8 cm³/mol. The fraction of sp³-hybridized carbons (Fsp3) is 0. The first-order valence-electron chi connectivity index (χ1n) is 5.39. The first-order chi connectivity index (χ1) is 9.17. The Labute approximate surface area is 122 Å². The fourth-order valence-corrected chi connectivity index (χ4v) is 2.70. The molecule has 0 N–H and O–H groups in total. The average Bonchev–Trinajstić information content (AvgIpc) is 2.80. The number of benzene rings is 1. The lowest BCUT2D eigenvalue weighted by Gasteiger charge is -2.02. The fourth-order valence-electron chi connectivity index (χ4n) is 1.84. The molecule has 3 rings (SSSR count). The number of hydrogen-bond donors (Lipinski definition) is 0. The van der Waals surface area contributed by atoms with Gasteiger partial charge in [0.15, 0.2) is 11.5 Å². The second kappa shape index (κ2) is 4.65. The van der Waals surface area contributed by atoms with Gasteiger partial charge in [0.05, 0.1) is 5.56 Å². The molecule has 0 radical (unpaired) electrons. The van der Waals surface area contributed by atoms with Crippen molar-refractivity contribution in [2.24, 2.45) is 0 Å². The van der Waals surface area contributed by atoms with E-state index in [2.05, 4.69) is 32.2 Å². The first kappa shape index (κ1) is 12.2. The average molecular weight is 334 g/mol. The van der Waals surface area contributed by atoms with Crippen LogP contribution in [0.4, 0.5) is 0 Å². The molecular weight excluding hydrogens is 328 g/mol. The quantitative estimate of drug-likeness (QED) is 0.682. The van der Waals surface area contributed by atoms with Gasteiger partial charge in [0.25, 0.3) is 0 Å². The smallest absolute Gasteiger partial charge is 0.168 e. The summed E-state index contributed by atoms with van der Waals surface area (Å²) < 4.78 is 2.64. The van der Waals surface area contributed by atoms with E-state index in [1.54, 1.807) is 28.8 Å². The number of hydrogen-bond acceptors (Lipinski definition) is 3. The van der Waals surface area contributed by atoms with Crippen LogP contribution in [0.15, 0.2) is 41.0 Å². The topological polar surface area (TPSA) is 54.0 Å². The zero-order chi connectivity index (χ0) is 13.4. The molecule has 0 fully saturated rings. The Bertz CT molecular complexity index is 799. The molecule has 0 aliphatic heterocycles. The Kier molecular flexibility index (Phi) is 2.97. The largest absolute Gasteiger partial charge is 0.281 e. The van der Waals surface area contributed by atoms with Crippen LogP contribution in [0.1, 0.15) is 5.56 Å². The number of halogens is 2. The highest BCUT2D eigenvalue weighted by atomic mass is 79.9. The second-order valence-electron chi connectivity index (χ2n) is 3.94. The van der Waals surface area contributed by atoms with Crippen molar-refractivity contribution in [2.45, 2.75) is 0 Å². The first-order valence-corrected chi connectivity index (χ1v) is 6.56. The molecule has 0 aliphatic rings. The molecule has 0 saturated carbocycles. The van der Waals surface area contributed by atoms with E-state index in [9.17, 15) is 0 Å². The molecule has 92 valence electrons. The number of nitrogens with zero attached hydrogens (tertiary/aromatic N) is 4. The maximum absolute atomic E-state index is 8.95. The molecule has 0 atom stereocenters. The van der Waals surface area contributed by atoms with Crippen molar-refractivity contribution in [2.75, 3.05) is 0 Å². The number of fused-ring (bicyclic) bond motifs is 1. The van der Waals surface area contributed by atoms with Crippen molar-refractivity contribution in [3.05, 3.63) is 51.6 Å². The summed E-state index contributed by atoms with van der Waals surface area (Å²) in [5.41, 5.74) is 2.07. The van der Waals surface area contributed by atoms with Crippen molar-refractivity contribution in [1.29, 1.82) is 5.26 Å². The highest BCUT2D eigenvalue weighted by molar-refractivity contribution is 9.10. The number of rotatable bonds is 1. The molecule has 0 spiro atoms. The molecular formula is C13H6BrClN4. The van der Waals surface area contributed by atoms with Crippen molar-refractivity contribution in [3.8, 4) is 17.5 Å². The Morgan fingerprint density at radius 2 is 2.05 bits per heavy atom. The molecule has 4 nitrogen and oxygen atoms in total. The van der Waals surface area contributed by atoms with Crippen LogP contribution in [-0.4, -0.2) is 14.6 Å². The van der Waals surface area contributed by atoms with Crippen molar-refractivity contribution >= 4 is 33.2 Å². The normalized spacial score (nSPS) is 10.6. The van der Waals surface area contributed by atoms with E-state index in [4.69, 9.17) is 16.9 Å². The lowest BCUT2D eigenvalue weighted by molar-refractivity contribution is 1.11. The van der Waals surface area contributed by atoms with Gasteiger partial charge in [0.2, 0.25) is 0 Å². The van der Waals surface area contributed by atoms with Gasteiger partial charge in [0, 0.05) is 21.3 Å². The Balaban J connectivity index is 2.27. The minimum absolute atomic E-state index is 0.551. The zero-order valence-electron chi connectivity index (χ0n) is 9.51. The molecule has 3 aromatic rings. The van der Waals surface area contributed by atoms with E-state index in [0.29, 0.717) is 22.1 Å². The number of aromatic nitrogens is 3. The predicted octanol–water partition coefficient (Wildman–Crippen LogP) is 3.68. The van der Waals surface area contributed by atoms with Crippen LogP contribution in [0.3, 0.4) is 0 Å². The molecule has 0 amide bonds. The second-order valence-corrected chi connectivity index (χ2v) is 5.29. The summed E-state index contributed by atoms with van der Waals surface area (Å²) in [5.74, 6) is 0.648. The minimum atomic E-state index is 0.551. The summed E-state index contributed by atoms with van der Waals surface area (Å²) >= 11 is 9.43. The third kappa shape index (κ3) is 2.21. The van der Waals surface area contributed by atoms with Gasteiger partial charge >= 0.3 is 0 Å². The minimum Gasteiger partial charge on any atom is -0.281 e. The van der Waals surface area contributed by atoms with E-state index in [0.717, 1.165) is 10.0 Å². The van der Waals surface area contributed by atoms with Crippen LogP contribution < -0.4 is 0 Å². The van der Waals surface area contributed by atoms with E-state index in [-0.39, 0.29) is 0 Å². The number of pyridine rings is 1. The van der Waals surface area contributed by atoms with Gasteiger partial charge in [-0.05, 0) is 30.3 Å². The molecule has 2 heterocycles. The van der Waals surface area contributed by atoms with Crippen LogP contribution in [0.25, 0.3) is 17.0 Å². The Morgan fingerprint density at radius 1 is 1.21 bits per heavy atom. The zero-order valence-corrected chi connectivity index (χ0v) is 11.9. The van der Waals surface area contributed by atoms with Gasteiger partial charge in [-0.2, -0.15) is 5.26 Å². The SMILES string of the molecule is N#Cc1ccc2nnc(-c3cc(Cl)cc(Br)c3)n2c1. The van der Waals surface area contributed by atoms with Crippen LogP contribution in [-0.2, 0) is 0 Å². The lowest BCUT2D eigenvalue weighted by atomic mass is 10.2. The third-order valence-electron chi connectivity index (χ3n) is 2.65. The maximum Gasteiger partial charge on any atom is 0.168 e. The van der Waals surface area contributed by atoms with Crippen molar-refractivity contribution in [1.82, 2.24) is 14.6 Å². The third-order valence-corrected chi connectivity index (χ3v) is 3.33. The molecule has 19 heavy (non-hydrogen) atoms. The summed E-state index contributed by atoms with van der Waals surface area (Å²) in [6.07, 6.45) is 1.71. The Hall–Kier alpha value is -1.90. The van der Waals surface area contributed by atoms with E-state index >= 15 is 0 Å². The van der Waals surface area contributed by atoms with Crippen LogP contribution >= 0.6 is 27.5 Å². The van der Waals surface area contributed by atoms with Gasteiger partial charge in [0.1, 0.15) is 6.07 Å². The van der Waals surface area contributed by atoms with E-state index < -0.39 is 0 Å². The molecule has 6 heteroatoms. The van der Waals surface area contributed by atoms with Crippen LogP contribution in [0.2, 0.25) is 5.02 Å². The van der Waals surface area contributed by atoms with Gasteiger partial charge in [-0.25, -0.2) is 0 Å². The van der Waals surface area contributed by atoms with E-state index in [1.165, 1.54) is 0 Å². The monoisotopic (exact) mass is 332 g/mol. The lowest BCUT2D eigenvalue weighted by Crippen LogP contribution is -1.91. The molecule has 0 bridgehead atoms. The molecule has 0 unspecified atom stereocenters. The highest BCUT2D eigenvalue weighted by Crippen LogP contribution is 2.26. The highest BCUT2D eigenvalue weighted by Gasteiger charge is 2.10. The van der Waals surface area contributed by atoms with Crippen molar-refractivity contribution in [3.63, 3.8) is 0 Å². The number of nitriles is 1. The maximum atomic E-state index is 8.95.